The van der Waals surface area contributed by atoms with Gasteiger partial charge in [0.05, 0.1) is 22.2 Å². The highest BCUT2D eigenvalue weighted by atomic mass is 79.9. The standard InChI is InChI=1S/C24H24BrF3N4O3S2/c1-11(2)35-23(34)17-12-6-3-4-7-14(12)37-22(17)30-21(33)19-18(25)20-29-13(15-8-5-9-36-15)10-16(24(26,27)28)32(20)31-19/h5,8-9,11,13,16,29H,3-4,6-7,10H2,1-2H3,(H,30,33). The Hall–Kier alpha value is -2.38. The molecule has 3 aromatic rings. The smallest absolute Gasteiger partial charge is 0.410 e. The molecule has 13 heteroatoms. The average Bonchev–Trinajstić information content (AvgIpc) is 3.55. The Kier molecular flexibility index (Phi) is 7.14. The monoisotopic (exact) mass is 616 g/mol. The van der Waals surface area contributed by atoms with Crippen molar-refractivity contribution in [2.75, 3.05) is 10.6 Å². The number of carbonyl (C=O) groups excluding carboxylic acids is 2. The van der Waals surface area contributed by atoms with Gasteiger partial charge in [0.2, 0.25) is 0 Å². The molecule has 198 valence electrons. The van der Waals surface area contributed by atoms with Crippen molar-refractivity contribution in [2.24, 2.45) is 0 Å². The fourth-order valence-corrected chi connectivity index (χ4v) is 7.33. The first-order chi connectivity index (χ1) is 17.5. The Balaban J connectivity index is 1.49. The molecule has 37 heavy (non-hydrogen) atoms. The molecule has 0 aromatic carbocycles. The number of hydrogen-bond donors (Lipinski definition) is 2. The maximum absolute atomic E-state index is 14.1. The summed E-state index contributed by atoms with van der Waals surface area (Å²) in [6, 6.07) is 1.08. The molecule has 0 fully saturated rings. The summed E-state index contributed by atoms with van der Waals surface area (Å²) in [7, 11) is 0. The maximum Gasteiger partial charge on any atom is 0.410 e. The quantitative estimate of drug-likeness (QED) is 0.298. The lowest BCUT2D eigenvalue weighted by Gasteiger charge is -2.33. The van der Waals surface area contributed by atoms with E-state index in [0.717, 1.165) is 39.3 Å². The van der Waals surface area contributed by atoms with E-state index in [1.807, 2.05) is 5.38 Å². The number of ether oxygens (including phenoxy) is 1. The molecule has 2 unspecified atom stereocenters. The summed E-state index contributed by atoms with van der Waals surface area (Å²) in [6.45, 7) is 3.49. The highest BCUT2D eigenvalue weighted by Gasteiger charge is 2.48. The fraction of sp³-hybridized carbons (Fsp3) is 0.458. The number of thiophene rings is 2. The molecule has 2 aliphatic rings. The number of anilines is 2. The number of esters is 1. The minimum atomic E-state index is -4.56. The van der Waals surface area contributed by atoms with E-state index in [2.05, 4.69) is 31.7 Å². The number of amides is 1. The summed E-state index contributed by atoms with van der Waals surface area (Å²) >= 11 is 5.98. The number of fused-ring (bicyclic) bond motifs is 2. The zero-order valence-corrected chi connectivity index (χ0v) is 23.2. The van der Waals surface area contributed by atoms with Gasteiger partial charge >= 0.3 is 12.1 Å². The number of aryl methyl sites for hydroxylation is 1. The van der Waals surface area contributed by atoms with Crippen molar-refractivity contribution in [3.63, 3.8) is 0 Å². The number of rotatable bonds is 5. The largest absolute Gasteiger partial charge is 0.459 e. The van der Waals surface area contributed by atoms with Crippen LogP contribution in [0.2, 0.25) is 0 Å². The fourth-order valence-electron chi connectivity index (χ4n) is 4.72. The number of alkyl halides is 3. The second kappa shape index (κ2) is 10.1. The van der Waals surface area contributed by atoms with Gasteiger partial charge in [0.15, 0.2) is 11.7 Å². The zero-order chi connectivity index (χ0) is 26.5. The van der Waals surface area contributed by atoms with Crippen LogP contribution in [-0.2, 0) is 17.6 Å². The van der Waals surface area contributed by atoms with E-state index in [1.165, 1.54) is 22.7 Å². The lowest BCUT2D eigenvalue weighted by molar-refractivity contribution is -0.173. The van der Waals surface area contributed by atoms with Gasteiger partial charge in [0.1, 0.15) is 10.8 Å². The van der Waals surface area contributed by atoms with Crippen LogP contribution < -0.4 is 10.6 Å². The highest BCUT2D eigenvalue weighted by Crippen LogP contribution is 2.47. The molecule has 1 aliphatic heterocycles. The van der Waals surface area contributed by atoms with E-state index in [-0.39, 0.29) is 28.5 Å². The minimum absolute atomic E-state index is 0.0852. The maximum atomic E-state index is 14.1. The summed E-state index contributed by atoms with van der Waals surface area (Å²) in [6.07, 6.45) is -1.76. The number of halogens is 4. The average molecular weight is 618 g/mol. The van der Waals surface area contributed by atoms with Crippen molar-refractivity contribution >= 4 is 61.3 Å². The molecule has 4 heterocycles. The van der Waals surface area contributed by atoms with Crippen LogP contribution in [0.3, 0.4) is 0 Å². The first-order valence-electron chi connectivity index (χ1n) is 11.9. The Morgan fingerprint density at radius 1 is 1.30 bits per heavy atom. The van der Waals surface area contributed by atoms with Crippen LogP contribution in [0.5, 0.6) is 0 Å². The predicted molar refractivity (Wildman–Crippen MR) is 140 cm³/mol. The second-order valence-corrected chi connectivity index (χ2v) is 12.2. The van der Waals surface area contributed by atoms with E-state index < -0.39 is 30.1 Å². The molecule has 2 atom stereocenters. The molecule has 0 saturated heterocycles. The molecule has 2 N–H and O–H groups in total. The summed E-state index contributed by atoms with van der Waals surface area (Å²) in [5.41, 5.74) is 1.00. The van der Waals surface area contributed by atoms with Crippen molar-refractivity contribution in [3.05, 3.63) is 48.6 Å². The van der Waals surface area contributed by atoms with Crippen molar-refractivity contribution < 1.29 is 27.5 Å². The van der Waals surface area contributed by atoms with Gasteiger partial charge in [-0.15, -0.1) is 22.7 Å². The van der Waals surface area contributed by atoms with Gasteiger partial charge < -0.3 is 15.4 Å². The third-order valence-corrected chi connectivity index (χ3v) is 9.29. The molecule has 0 radical (unpaired) electrons. The molecular formula is C24H24BrF3N4O3S2. The molecule has 0 spiro atoms. The topological polar surface area (TPSA) is 85.2 Å². The lowest BCUT2D eigenvalue weighted by Crippen LogP contribution is -2.35. The van der Waals surface area contributed by atoms with E-state index in [4.69, 9.17) is 4.74 Å². The molecule has 5 rings (SSSR count). The number of hydrogen-bond acceptors (Lipinski definition) is 7. The molecule has 3 aromatic heterocycles. The third-order valence-electron chi connectivity index (χ3n) is 6.34. The van der Waals surface area contributed by atoms with Crippen LogP contribution in [0.25, 0.3) is 0 Å². The zero-order valence-electron chi connectivity index (χ0n) is 19.9. The van der Waals surface area contributed by atoms with E-state index in [0.29, 0.717) is 17.0 Å². The van der Waals surface area contributed by atoms with Gasteiger partial charge in [-0.2, -0.15) is 18.3 Å². The minimum Gasteiger partial charge on any atom is -0.459 e. The first-order valence-corrected chi connectivity index (χ1v) is 14.3. The second-order valence-electron chi connectivity index (χ2n) is 9.28. The van der Waals surface area contributed by atoms with Crippen LogP contribution in [0.1, 0.15) is 81.4 Å². The number of carbonyl (C=O) groups is 2. The van der Waals surface area contributed by atoms with Gasteiger partial charge in [-0.25, -0.2) is 9.48 Å². The molecule has 1 aliphatic carbocycles. The highest BCUT2D eigenvalue weighted by molar-refractivity contribution is 9.10. The van der Waals surface area contributed by atoms with Gasteiger partial charge in [0, 0.05) is 16.2 Å². The molecule has 0 bridgehead atoms. The summed E-state index contributed by atoms with van der Waals surface area (Å²) in [4.78, 5) is 28.1. The van der Waals surface area contributed by atoms with E-state index in [9.17, 15) is 22.8 Å². The van der Waals surface area contributed by atoms with E-state index in [1.54, 1.807) is 26.0 Å². The van der Waals surface area contributed by atoms with Crippen LogP contribution in [0.15, 0.2) is 22.0 Å². The lowest BCUT2D eigenvalue weighted by atomic mass is 9.95. The van der Waals surface area contributed by atoms with E-state index >= 15 is 0 Å². The Morgan fingerprint density at radius 3 is 2.73 bits per heavy atom. The summed E-state index contributed by atoms with van der Waals surface area (Å²) < 4.78 is 48.5. The number of nitrogens with zero attached hydrogens (tertiary/aromatic N) is 2. The first kappa shape index (κ1) is 26.2. The summed E-state index contributed by atoms with van der Waals surface area (Å²) in [5.74, 6) is -1.14. The number of nitrogens with one attached hydrogen (secondary N) is 2. The molecule has 1 amide bonds. The van der Waals surface area contributed by atoms with Gasteiger partial charge in [-0.1, -0.05) is 6.07 Å². The van der Waals surface area contributed by atoms with Crippen molar-refractivity contribution in [1.29, 1.82) is 0 Å². The normalized spacial score (nSPS) is 19.2. The number of aromatic nitrogens is 2. The Labute approximate surface area is 227 Å². The van der Waals surface area contributed by atoms with Crippen LogP contribution in [0, 0.1) is 0 Å². The van der Waals surface area contributed by atoms with Gasteiger partial charge in [-0.05, 0) is 72.5 Å². The molecule has 0 saturated carbocycles. The van der Waals surface area contributed by atoms with Gasteiger partial charge in [0.25, 0.3) is 5.91 Å². The van der Waals surface area contributed by atoms with Crippen LogP contribution in [0.4, 0.5) is 24.0 Å². The van der Waals surface area contributed by atoms with Crippen LogP contribution >= 0.6 is 38.6 Å². The van der Waals surface area contributed by atoms with Crippen LogP contribution in [-0.4, -0.2) is 33.9 Å². The molecular weight excluding hydrogens is 593 g/mol. The Bertz CT molecular complexity index is 1330. The molecule has 7 nitrogen and oxygen atoms in total. The van der Waals surface area contributed by atoms with Crippen molar-refractivity contribution in [1.82, 2.24) is 9.78 Å². The summed E-state index contributed by atoms with van der Waals surface area (Å²) in [5, 5.41) is 12.1. The predicted octanol–water partition coefficient (Wildman–Crippen LogP) is 7.13. The van der Waals surface area contributed by atoms with Gasteiger partial charge in [-0.3, -0.25) is 4.79 Å². The van der Waals surface area contributed by atoms with Crippen molar-refractivity contribution in [2.45, 2.75) is 70.3 Å². The van der Waals surface area contributed by atoms with Crippen molar-refractivity contribution in [3.8, 4) is 0 Å². The third kappa shape index (κ3) is 5.05. The Morgan fingerprint density at radius 2 is 2.05 bits per heavy atom. The SMILES string of the molecule is CC(C)OC(=O)c1c(NC(=O)c2nn3c(c2Br)NC(c2cccs2)CC3C(F)(F)F)sc2c1CCCC2.